The van der Waals surface area contributed by atoms with Crippen molar-refractivity contribution in [2.75, 3.05) is 5.32 Å². The fraction of sp³-hybridized carbons (Fsp3) is 0.522. The molecule has 0 aliphatic rings. The molecule has 0 unspecified atom stereocenters. The Morgan fingerprint density at radius 1 is 1.07 bits per heavy atom. The minimum Gasteiger partial charge on any atom is -0.326 e. The van der Waals surface area contributed by atoms with E-state index in [1.807, 2.05) is 27.7 Å². The van der Waals surface area contributed by atoms with Gasteiger partial charge in [-0.3, -0.25) is 9.59 Å². The van der Waals surface area contributed by atoms with E-state index in [0.717, 1.165) is 24.2 Å². The molecule has 0 aliphatic carbocycles. The van der Waals surface area contributed by atoms with E-state index in [1.165, 1.54) is 29.5 Å². The third-order valence-electron chi connectivity index (χ3n) is 4.92. The quantitative estimate of drug-likeness (QED) is 0.598. The van der Waals surface area contributed by atoms with Crippen molar-refractivity contribution >= 4 is 17.5 Å². The van der Waals surface area contributed by atoms with Gasteiger partial charge in [0.1, 0.15) is 0 Å². The van der Waals surface area contributed by atoms with Crippen LogP contribution in [0.1, 0.15) is 80.2 Å². The second-order valence-corrected chi connectivity index (χ2v) is 7.90. The summed E-state index contributed by atoms with van der Waals surface area (Å²) in [4.78, 5) is 24.8. The number of unbranched alkanes of at least 4 members (excludes halogenated alkanes) is 3. The van der Waals surface area contributed by atoms with E-state index in [1.54, 1.807) is 24.3 Å². The maximum Gasteiger partial charge on any atom is 0.278 e. The van der Waals surface area contributed by atoms with Crippen LogP contribution in [0.3, 0.4) is 0 Å². The summed E-state index contributed by atoms with van der Waals surface area (Å²) < 4.78 is 1.51. The summed E-state index contributed by atoms with van der Waals surface area (Å²) in [6.07, 6.45) is 6.23. The number of nitrogens with one attached hydrogen (secondary N) is 1. The predicted octanol–water partition coefficient (Wildman–Crippen LogP) is 5.30. The van der Waals surface area contributed by atoms with Gasteiger partial charge < -0.3 is 5.32 Å². The molecule has 1 aromatic carbocycles. The first-order chi connectivity index (χ1) is 13.3. The molecule has 0 radical (unpaired) electrons. The number of aromatic nitrogens is 2. The number of hydrogen-bond acceptors (Lipinski definition) is 3. The number of aryl methyl sites for hydroxylation is 1. The van der Waals surface area contributed by atoms with Gasteiger partial charge in [-0.2, -0.15) is 5.10 Å². The van der Waals surface area contributed by atoms with Crippen molar-refractivity contribution in [3.8, 4) is 0 Å². The first kappa shape index (κ1) is 21.9. The average Bonchev–Trinajstić information content (AvgIpc) is 2.92. The third-order valence-corrected chi connectivity index (χ3v) is 4.92. The lowest BCUT2D eigenvalue weighted by atomic mass is 10.0. The summed E-state index contributed by atoms with van der Waals surface area (Å²) in [5.74, 6) is 0.156. The molecule has 2 aromatic rings. The number of carbonyl (C=O) groups excluding carboxylic acids is 2. The van der Waals surface area contributed by atoms with E-state index >= 15 is 0 Å². The van der Waals surface area contributed by atoms with Crippen LogP contribution in [-0.2, 0) is 11.2 Å². The lowest BCUT2D eigenvalue weighted by Crippen LogP contribution is -2.16. The molecule has 5 nitrogen and oxygen atoms in total. The lowest BCUT2D eigenvalue weighted by Gasteiger charge is -2.08. The maximum absolute atomic E-state index is 12.9. The molecule has 1 aromatic heterocycles. The summed E-state index contributed by atoms with van der Waals surface area (Å²) >= 11 is 0. The molecular formula is C23H33N3O2. The largest absolute Gasteiger partial charge is 0.326 e. The Kier molecular flexibility index (Phi) is 7.97. The van der Waals surface area contributed by atoms with Crippen molar-refractivity contribution in [3.05, 3.63) is 46.8 Å². The molecule has 0 aliphatic heterocycles. The Morgan fingerprint density at radius 2 is 1.75 bits per heavy atom. The van der Waals surface area contributed by atoms with E-state index in [4.69, 9.17) is 0 Å². The molecule has 0 atom stereocenters. The predicted molar refractivity (Wildman–Crippen MR) is 114 cm³/mol. The summed E-state index contributed by atoms with van der Waals surface area (Å²) in [7, 11) is 0. The van der Waals surface area contributed by atoms with Crippen LogP contribution in [0.2, 0.25) is 0 Å². The molecule has 1 heterocycles. The number of nitrogens with zero attached hydrogens (tertiary/aromatic N) is 2. The molecule has 152 valence electrons. The molecule has 1 N–H and O–H groups in total. The number of rotatable bonds is 9. The van der Waals surface area contributed by atoms with E-state index in [9.17, 15) is 9.59 Å². The summed E-state index contributed by atoms with van der Waals surface area (Å²) in [5, 5.41) is 7.35. The molecule has 0 fully saturated rings. The van der Waals surface area contributed by atoms with Crippen LogP contribution < -0.4 is 5.32 Å². The van der Waals surface area contributed by atoms with Crippen LogP contribution in [0, 0.1) is 19.8 Å². The molecule has 0 bridgehead atoms. The van der Waals surface area contributed by atoms with Gasteiger partial charge in [0.05, 0.1) is 5.69 Å². The number of anilines is 1. The number of benzene rings is 1. The first-order valence-corrected chi connectivity index (χ1v) is 10.3. The minimum atomic E-state index is -0.138. The number of amides is 1. The van der Waals surface area contributed by atoms with E-state index in [-0.39, 0.29) is 11.8 Å². The first-order valence-electron chi connectivity index (χ1n) is 10.3. The summed E-state index contributed by atoms with van der Waals surface area (Å²) in [6, 6.07) is 7.01. The molecule has 0 spiro atoms. The Balaban J connectivity index is 2.08. The van der Waals surface area contributed by atoms with Gasteiger partial charge in [0.25, 0.3) is 5.91 Å². The standard InChI is InChI=1S/C23H33N3O2/c1-6-7-8-9-10-21-17(4)25-26(18(21)5)23(28)19-11-13-20(14-12-19)24-22(27)15-16(2)3/h11-14,16H,6-10,15H2,1-5H3,(H,24,27). The lowest BCUT2D eigenvalue weighted by molar-refractivity contribution is -0.116. The van der Waals surface area contributed by atoms with Gasteiger partial charge in [0, 0.05) is 23.4 Å². The fourth-order valence-corrected chi connectivity index (χ4v) is 3.36. The van der Waals surface area contributed by atoms with Crippen LogP contribution in [0.25, 0.3) is 0 Å². The van der Waals surface area contributed by atoms with Crippen molar-refractivity contribution < 1.29 is 9.59 Å². The second-order valence-electron chi connectivity index (χ2n) is 7.90. The van der Waals surface area contributed by atoms with Crippen molar-refractivity contribution in [1.82, 2.24) is 9.78 Å². The third kappa shape index (κ3) is 5.78. The van der Waals surface area contributed by atoms with Gasteiger partial charge in [-0.25, -0.2) is 4.68 Å². The zero-order chi connectivity index (χ0) is 20.7. The highest BCUT2D eigenvalue weighted by molar-refractivity contribution is 5.97. The normalized spacial score (nSPS) is 11.1. The van der Waals surface area contributed by atoms with Crippen LogP contribution >= 0.6 is 0 Å². The molecule has 28 heavy (non-hydrogen) atoms. The smallest absolute Gasteiger partial charge is 0.278 e. The Bertz CT molecular complexity index is 804. The Labute approximate surface area is 168 Å². The summed E-state index contributed by atoms with van der Waals surface area (Å²) in [5.41, 5.74) is 4.30. The molecular weight excluding hydrogens is 350 g/mol. The van der Waals surface area contributed by atoms with Gasteiger partial charge in [0.2, 0.25) is 5.91 Å². The van der Waals surface area contributed by atoms with Crippen molar-refractivity contribution in [2.24, 2.45) is 5.92 Å². The molecule has 1 amide bonds. The Hall–Kier alpha value is -2.43. The zero-order valence-corrected chi connectivity index (χ0v) is 17.8. The van der Waals surface area contributed by atoms with Crippen LogP contribution in [0.4, 0.5) is 5.69 Å². The fourth-order valence-electron chi connectivity index (χ4n) is 3.36. The van der Waals surface area contributed by atoms with Crippen LogP contribution in [-0.4, -0.2) is 21.6 Å². The van der Waals surface area contributed by atoms with Crippen molar-refractivity contribution in [3.63, 3.8) is 0 Å². The number of carbonyl (C=O) groups is 2. The van der Waals surface area contributed by atoms with E-state index in [0.29, 0.717) is 23.6 Å². The SMILES string of the molecule is CCCCCCc1c(C)nn(C(=O)c2ccc(NC(=O)CC(C)C)cc2)c1C. The van der Waals surface area contributed by atoms with Gasteiger partial charge in [0.15, 0.2) is 0 Å². The monoisotopic (exact) mass is 383 g/mol. The van der Waals surface area contributed by atoms with Crippen LogP contribution in [0.5, 0.6) is 0 Å². The van der Waals surface area contributed by atoms with Crippen molar-refractivity contribution in [1.29, 1.82) is 0 Å². The molecule has 2 rings (SSSR count). The second kappa shape index (κ2) is 10.2. The van der Waals surface area contributed by atoms with Crippen LogP contribution in [0.15, 0.2) is 24.3 Å². The van der Waals surface area contributed by atoms with Gasteiger partial charge in [-0.1, -0.05) is 40.0 Å². The zero-order valence-electron chi connectivity index (χ0n) is 17.8. The van der Waals surface area contributed by atoms with Gasteiger partial charge >= 0.3 is 0 Å². The number of hydrogen-bond donors (Lipinski definition) is 1. The van der Waals surface area contributed by atoms with E-state index < -0.39 is 0 Å². The molecule has 0 saturated heterocycles. The summed E-state index contributed by atoms with van der Waals surface area (Å²) in [6.45, 7) is 10.2. The van der Waals surface area contributed by atoms with Gasteiger partial charge in [-0.15, -0.1) is 0 Å². The molecule has 0 saturated carbocycles. The Morgan fingerprint density at radius 3 is 2.36 bits per heavy atom. The van der Waals surface area contributed by atoms with Gasteiger partial charge in [-0.05, 0) is 62.4 Å². The minimum absolute atomic E-state index is 0.0136. The van der Waals surface area contributed by atoms with Crippen molar-refractivity contribution in [2.45, 2.75) is 73.1 Å². The topological polar surface area (TPSA) is 64.0 Å². The highest BCUT2D eigenvalue weighted by Crippen LogP contribution is 2.19. The van der Waals surface area contributed by atoms with E-state index in [2.05, 4.69) is 17.3 Å². The average molecular weight is 384 g/mol. The highest BCUT2D eigenvalue weighted by atomic mass is 16.2. The maximum atomic E-state index is 12.9. The highest BCUT2D eigenvalue weighted by Gasteiger charge is 2.18. The molecule has 5 heteroatoms.